The molecule has 1 aromatic carbocycles. The van der Waals surface area contributed by atoms with Crippen LogP contribution in [0.1, 0.15) is 21.5 Å². The minimum Gasteiger partial charge on any atom is -0.363 e. The number of halogens is 1. The van der Waals surface area contributed by atoms with E-state index in [0.717, 1.165) is 16.9 Å². The predicted molar refractivity (Wildman–Crippen MR) is 125 cm³/mol. The number of hydrogen-bond donors (Lipinski definition) is 2. The first-order valence-electron chi connectivity index (χ1n) is 8.78. The lowest BCUT2D eigenvalue weighted by Crippen LogP contribution is -2.36. The van der Waals surface area contributed by atoms with Gasteiger partial charge in [0.2, 0.25) is 0 Å². The second-order valence-electron chi connectivity index (χ2n) is 6.59. The number of amides is 1. The molecule has 0 aliphatic rings. The van der Waals surface area contributed by atoms with Crippen LogP contribution in [0.5, 0.6) is 0 Å². The van der Waals surface area contributed by atoms with Crippen LogP contribution in [0, 0.1) is 0 Å². The Morgan fingerprint density at radius 1 is 1.00 bits per heavy atom. The van der Waals surface area contributed by atoms with Crippen molar-refractivity contribution in [1.82, 2.24) is 20.5 Å². The van der Waals surface area contributed by atoms with Crippen LogP contribution in [0.4, 0.5) is 5.82 Å². The monoisotopic (exact) mass is 496 g/mol. The number of carbonyl (C=O) groups is 1. The highest BCUT2D eigenvalue weighted by molar-refractivity contribution is 14.0. The number of nitrogens with zero attached hydrogens (tertiary/aromatic N) is 4. The summed E-state index contributed by atoms with van der Waals surface area (Å²) in [6.07, 6.45) is 1.80. The number of aromatic nitrogens is 1. The number of aliphatic imine (C=N–C) groups is 1. The molecule has 1 amide bonds. The van der Waals surface area contributed by atoms with E-state index in [-0.39, 0.29) is 29.9 Å². The van der Waals surface area contributed by atoms with Crippen molar-refractivity contribution < 1.29 is 4.79 Å². The van der Waals surface area contributed by atoms with Gasteiger partial charge >= 0.3 is 0 Å². The third-order valence-corrected chi connectivity index (χ3v) is 4.02. The normalized spacial score (nSPS) is 10.7. The minimum absolute atomic E-state index is 0. The van der Waals surface area contributed by atoms with E-state index < -0.39 is 0 Å². The highest BCUT2D eigenvalue weighted by Gasteiger charge is 2.07. The summed E-state index contributed by atoms with van der Waals surface area (Å²) in [7, 11) is 9.18. The lowest BCUT2D eigenvalue weighted by atomic mass is 10.1. The van der Waals surface area contributed by atoms with Crippen LogP contribution in [-0.4, -0.2) is 57.0 Å². The molecule has 0 saturated carbocycles. The van der Waals surface area contributed by atoms with Gasteiger partial charge in [-0.05, 0) is 35.4 Å². The summed E-state index contributed by atoms with van der Waals surface area (Å²) in [5, 5.41) is 6.58. The van der Waals surface area contributed by atoms with E-state index in [1.165, 1.54) is 0 Å². The number of anilines is 1. The van der Waals surface area contributed by atoms with E-state index in [9.17, 15) is 4.79 Å². The smallest absolute Gasteiger partial charge is 0.253 e. The highest BCUT2D eigenvalue weighted by atomic mass is 127. The number of hydrogen-bond acceptors (Lipinski definition) is 4. The van der Waals surface area contributed by atoms with Crippen LogP contribution < -0.4 is 15.5 Å². The molecule has 2 N–H and O–H groups in total. The van der Waals surface area contributed by atoms with Gasteiger partial charge < -0.3 is 20.4 Å². The van der Waals surface area contributed by atoms with Crippen molar-refractivity contribution in [2.45, 2.75) is 13.1 Å². The molecule has 0 aliphatic heterocycles. The average Bonchev–Trinajstić information content (AvgIpc) is 2.68. The SMILES string of the molecule is CN=C(NCc1ccc(C(=O)N(C)C)cc1)NCc1ccnc(N(C)C)c1.I. The second-order valence-corrected chi connectivity index (χ2v) is 6.59. The van der Waals surface area contributed by atoms with E-state index in [0.29, 0.717) is 24.6 Å². The molecular weight excluding hydrogens is 467 g/mol. The summed E-state index contributed by atoms with van der Waals surface area (Å²) in [6.45, 7) is 1.27. The van der Waals surface area contributed by atoms with Gasteiger partial charge in [-0.2, -0.15) is 0 Å². The van der Waals surface area contributed by atoms with Crippen LogP contribution in [0.25, 0.3) is 0 Å². The molecule has 0 unspecified atom stereocenters. The molecule has 8 heteroatoms. The molecule has 0 atom stereocenters. The topological polar surface area (TPSA) is 72.9 Å². The zero-order chi connectivity index (χ0) is 19.8. The molecule has 152 valence electrons. The maximum Gasteiger partial charge on any atom is 0.253 e. The Labute approximate surface area is 184 Å². The minimum atomic E-state index is 0. The quantitative estimate of drug-likeness (QED) is 0.365. The van der Waals surface area contributed by atoms with Gasteiger partial charge in [-0.25, -0.2) is 4.98 Å². The molecule has 0 aliphatic carbocycles. The summed E-state index contributed by atoms with van der Waals surface area (Å²) >= 11 is 0. The molecule has 1 heterocycles. The summed E-state index contributed by atoms with van der Waals surface area (Å²) in [5.41, 5.74) is 2.89. The van der Waals surface area contributed by atoms with Crippen LogP contribution in [0.15, 0.2) is 47.6 Å². The van der Waals surface area contributed by atoms with E-state index in [1.54, 1.807) is 32.2 Å². The molecule has 28 heavy (non-hydrogen) atoms. The van der Waals surface area contributed by atoms with Crippen molar-refractivity contribution in [2.75, 3.05) is 40.1 Å². The largest absolute Gasteiger partial charge is 0.363 e. The van der Waals surface area contributed by atoms with Gasteiger partial charge in [0.15, 0.2) is 5.96 Å². The Balaban J connectivity index is 0.00000392. The Bertz CT molecular complexity index is 790. The Kier molecular flexibility index (Phi) is 9.70. The molecule has 7 nitrogen and oxygen atoms in total. The van der Waals surface area contributed by atoms with Gasteiger partial charge in [0.05, 0.1) is 0 Å². The first-order valence-corrected chi connectivity index (χ1v) is 8.78. The number of carbonyl (C=O) groups excluding carboxylic acids is 1. The van der Waals surface area contributed by atoms with Gasteiger partial charge in [-0.15, -0.1) is 24.0 Å². The van der Waals surface area contributed by atoms with E-state index in [1.807, 2.05) is 55.4 Å². The highest BCUT2D eigenvalue weighted by Crippen LogP contribution is 2.09. The zero-order valence-electron chi connectivity index (χ0n) is 17.1. The van der Waals surface area contributed by atoms with Crippen molar-refractivity contribution in [3.63, 3.8) is 0 Å². The van der Waals surface area contributed by atoms with Crippen molar-refractivity contribution in [2.24, 2.45) is 4.99 Å². The average molecular weight is 496 g/mol. The molecule has 2 aromatic rings. The van der Waals surface area contributed by atoms with Crippen molar-refractivity contribution in [3.8, 4) is 0 Å². The summed E-state index contributed by atoms with van der Waals surface area (Å²) in [5.74, 6) is 1.64. The van der Waals surface area contributed by atoms with E-state index in [4.69, 9.17) is 0 Å². The lowest BCUT2D eigenvalue weighted by Gasteiger charge is -2.15. The fourth-order valence-electron chi connectivity index (χ4n) is 2.43. The van der Waals surface area contributed by atoms with Crippen LogP contribution in [0.3, 0.4) is 0 Å². The molecule has 0 saturated heterocycles. The van der Waals surface area contributed by atoms with Crippen LogP contribution in [-0.2, 0) is 13.1 Å². The Hall–Kier alpha value is -2.36. The van der Waals surface area contributed by atoms with E-state index in [2.05, 4.69) is 20.6 Å². The number of pyridine rings is 1. The lowest BCUT2D eigenvalue weighted by molar-refractivity contribution is 0.0827. The molecule has 0 radical (unpaired) electrons. The number of guanidine groups is 1. The molecule has 0 bridgehead atoms. The summed E-state index contributed by atoms with van der Waals surface area (Å²) in [6, 6.07) is 11.6. The third-order valence-electron chi connectivity index (χ3n) is 4.02. The molecule has 1 aromatic heterocycles. The molecule has 0 spiro atoms. The molecule has 2 rings (SSSR count). The predicted octanol–water partition coefficient (Wildman–Crippen LogP) is 2.33. The van der Waals surface area contributed by atoms with Crippen molar-refractivity contribution in [3.05, 3.63) is 59.3 Å². The van der Waals surface area contributed by atoms with Crippen LogP contribution in [0.2, 0.25) is 0 Å². The Morgan fingerprint density at radius 2 is 1.61 bits per heavy atom. The number of nitrogens with one attached hydrogen (secondary N) is 2. The zero-order valence-corrected chi connectivity index (χ0v) is 19.4. The van der Waals surface area contributed by atoms with Crippen molar-refractivity contribution in [1.29, 1.82) is 0 Å². The first kappa shape index (κ1) is 23.7. The summed E-state index contributed by atoms with van der Waals surface area (Å²) < 4.78 is 0. The van der Waals surface area contributed by atoms with Gasteiger partial charge in [0.1, 0.15) is 5.82 Å². The number of benzene rings is 1. The standard InChI is InChI=1S/C20H28N6O.HI/c1-21-20(24-14-16-10-11-22-18(12-16)25(2)3)23-13-15-6-8-17(9-7-15)19(27)26(4)5;/h6-12H,13-14H2,1-5H3,(H2,21,23,24);1H. The first-order chi connectivity index (χ1) is 12.9. The summed E-state index contributed by atoms with van der Waals surface area (Å²) in [4.78, 5) is 24.0. The van der Waals surface area contributed by atoms with Gasteiger partial charge in [-0.1, -0.05) is 12.1 Å². The molecular formula is C20H29IN6O. The fraction of sp³-hybridized carbons (Fsp3) is 0.350. The van der Waals surface area contributed by atoms with Crippen molar-refractivity contribution >= 4 is 41.7 Å². The second kappa shape index (κ2) is 11.5. The fourth-order valence-corrected chi connectivity index (χ4v) is 2.43. The maximum absolute atomic E-state index is 11.9. The van der Waals surface area contributed by atoms with Crippen LogP contribution >= 0.6 is 24.0 Å². The van der Waals surface area contributed by atoms with Gasteiger partial charge in [0.25, 0.3) is 5.91 Å². The van der Waals surface area contributed by atoms with Gasteiger partial charge in [0, 0.05) is 60.1 Å². The molecule has 0 fully saturated rings. The van der Waals surface area contributed by atoms with E-state index >= 15 is 0 Å². The number of rotatable bonds is 6. The maximum atomic E-state index is 11.9. The Morgan fingerprint density at radius 3 is 2.14 bits per heavy atom. The third kappa shape index (κ3) is 6.99. The van der Waals surface area contributed by atoms with Gasteiger partial charge in [-0.3, -0.25) is 9.79 Å².